The molecule has 4 aromatic rings. The van der Waals surface area contributed by atoms with E-state index < -0.39 is 6.29 Å². The highest BCUT2D eigenvalue weighted by Crippen LogP contribution is 2.45. The van der Waals surface area contributed by atoms with Gasteiger partial charge in [-0.15, -0.1) is 0 Å². The van der Waals surface area contributed by atoms with Gasteiger partial charge in [-0.25, -0.2) is 0 Å². The third-order valence-electron chi connectivity index (χ3n) is 9.27. The van der Waals surface area contributed by atoms with Crippen LogP contribution in [0.2, 0.25) is 0 Å². The average molecular weight is 692 g/mol. The van der Waals surface area contributed by atoms with E-state index in [9.17, 15) is 9.59 Å². The second-order valence-corrected chi connectivity index (χ2v) is 12.5. The second-order valence-electron chi connectivity index (χ2n) is 12.5. The molecule has 0 spiro atoms. The topological polar surface area (TPSA) is 141 Å². The number of nitrogens with two attached hydrogens (primary N) is 1. The number of ether oxygens (including phenoxy) is 4. The van der Waals surface area contributed by atoms with Crippen molar-refractivity contribution in [2.75, 3.05) is 50.7 Å². The van der Waals surface area contributed by atoms with Crippen molar-refractivity contribution < 1.29 is 33.6 Å². The van der Waals surface area contributed by atoms with Crippen molar-refractivity contribution >= 4 is 23.2 Å². The first-order chi connectivity index (χ1) is 25.0. The van der Waals surface area contributed by atoms with E-state index in [1.807, 2.05) is 19.1 Å². The molecule has 2 amide bonds. The van der Waals surface area contributed by atoms with Gasteiger partial charge in [0.05, 0.1) is 37.8 Å². The number of hydrogen-bond acceptors (Lipinski definition) is 8. The largest absolute Gasteiger partial charge is 0.459 e. The maximum absolute atomic E-state index is 13.7. The van der Waals surface area contributed by atoms with Crippen molar-refractivity contribution in [2.45, 2.75) is 38.5 Å². The molecule has 10 nitrogen and oxygen atoms in total. The van der Waals surface area contributed by atoms with Gasteiger partial charge in [-0.1, -0.05) is 66.7 Å². The van der Waals surface area contributed by atoms with Crippen LogP contribution in [0.4, 0.5) is 11.4 Å². The quantitative estimate of drug-likeness (QED) is 0.0752. The lowest BCUT2D eigenvalue weighted by Crippen LogP contribution is -2.39. The Morgan fingerprint density at radius 1 is 0.863 bits per heavy atom. The summed E-state index contributed by atoms with van der Waals surface area (Å²) in [4.78, 5) is 26.5. The standard InChI is InChI=1S/C41H45N3O7/c1-2-50-41-33(18-20-48-22-23-49-21-19-45)35(32-11-7-10-31-30-9-4-3-8-29(30)24-34(31)32)25-38(51-41)40(47)43-26-27-14-16-28(17-15-27)39(46)44-37-13-6-5-12-36(37)42/h3-17,25,33,35,41,45H,2,18-24,26,42H2,1H3,(H,43,47)(H,44,46)/t33-,35+,41+/m1/s1. The van der Waals surface area contributed by atoms with Gasteiger partial charge in [-0.2, -0.15) is 0 Å². The van der Waals surface area contributed by atoms with Crippen LogP contribution in [0.5, 0.6) is 0 Å². The summed E-state index contributed by atoms with van der Waals surface area (Å²) in [5.74, 6) is -0.719. The summed E-state index contributed by atoms with van der Waals surface area (Å²) in [7, 11) is 0. The molecule has 0 radical (unpaired) electrons. The van der Waals surface area contributed by atoms with Crippen LogP contribution in [0.25, 0.3) is 11.1 Å². The summed E-state index contributed by atoms with van der Waals surface area (Å²) in [6.45, 7) is 4.07. The molecule has 0 bridgehead atoms. The van der Waals surface area contributed by atoms with Crippen molar-refractivity contribution in [3.8, 4) is 11.1 Å². The predicted octanol–water partition coefficient (Wildman–Crippen LogP) is 5.80. The number of carbonyl (C=O) groups is 2. The minimum absolute atomic E-state index is 0.0267. The zero-order chi connectivity index (χ0) is 35.6. The molecule has 1 aliphatic heterocycles. The number of aliphatic hydroxyl groups is 1. The molecule has 4 aromatic carbocycles. The predicted molar refractivity (Wildman–Crippen MR) is 196 cm³/mol. The molecule has 266 valence electrons. The molecule has 0 saturated heterocycles. The Kier molecular flexibility index (Phi) is 12.1. The summed E-state index contributed by atoms with van der Waals surface area (Å²) >= 11 is 0. The lowest BCUT2D eigenvalue weighted by Gasteiger charge is -2.37. The fraction of sp³-hybridized carbons (Fsp3) is 0.317. The Bertz CT molecular complexity index is 1840. The molecule has 1 aliphatic carbocycles. The van der Waals surface area contributed by atoms with Crippen molar-refractivity contribution in [1.29, 1.82) is 0 Å². The molecule has 5 N–H and O–H groups in total. The van der Waals surface area contributed by atoms with E-state index in [0.29, 0.717) is 49.8 Å². The third-order valence-corrected chi connectivity index (χ3v) is 9.27. The van der Waals surface area contributed by atoms with Gasteiger partial charge in [-0.05, 0) is 83.5 Å². The van der Waals surface area contributed by atoms with E-state index in [1.165, 1.54) is 22.3 Å². The Labute approximate surface area is 298 Å². The molecule has 6 rings (SSSR count). The highest BCUT2D eigenvalue weighted by atomic mass is 16.7. The number of rotatable bonds is 16. The Balaban J connectivity index is 1.19. The van der Waals surface area contributed by atoms with Crippen LogP contribution in [0.1, 0.15) is 51.9 Å². The molecule has 0 unspecified atom stereocenters. The number of hydrogen-bond donors (Lipinski definition) is 4. The summed E-state index contributed by atoms with van der Waals surface area (Å²) in [6.07, 6.45) is 2.71. The van der Waals surface area contributed by atoms with Crippen LogP contribution in [0, 0.1) is 5.92 Å². The highest BCUT2D eigenvalue weighted by Gasteiger charge is 2.39. The first kappa shape index (κ1) is 35.8. The molecular formula is C41H45N3O7. The summed E-state index contributed by atoms with van der Waals surface area (Å²) in [5, 5.41) is 14.8. The molecular weight excluding hydrogens is 646 g/mol. The number of para-hydroxylation sites is 2. The fourth-order valence-electron chi connectivity index (χ4n) is 6.74. The lowest BCUT2D eigenvalue weighted by atomic mass is 9.78. The van der Waals surface area contributed by atoms with Crippen molar-refractivity contribution in [2.24, 2.45) is 5.92 Å². The van der Waals surface area contributed by atoms with Gasteiger partial charge in [0.25, 0.3) is 11.8 Å². The van der Waals surface area contributed by atoms with Crippen molar-refractivity contribution in [3.63, 3.8) is 0 Å². The van der Waals surface area contributed by atoms with E-state index in [1.54, 1.807) is 42.5 Å². The number of aliphatic hydroxyl groups excluding tert-OH is 1. The van der Waals surface area contributed by atoms with E-state index in [2.05, 4.69) is 53.1 Å². The van der Waals surface area contributed by atoms with Gasteiger partial charge in [-0.3, -0.25) is 9.59 Å². The first-order valence-corrected chi connectivity index (χ1v) is 17.5. The van der Waals surface area contributed by atoms with Gasteiger partial charge in [0.2, 0.25) is 6.29 Å². The monoisotopic (exact) mass is 691 g/mol. The van der Waals surface area contributed by atoms with E-state index in [0.717, 1.165) is 17.5 Å². The molecule has 0 fully saturated rings. The number of nitrogen functional groups attached to an aromatic ring is 1. The molecule has 0 aromatic heterocycles. The summed E-state index contributed by atoms with van der Waals surface area (Å²) in [6, 6.07) is 29.0. The Hall–Kier alpha value is -5.00. The Morgan fingerprint density at radius 3 is 2.39 bits per heavy atom. The van der Waals surface area contributed by atoms with Gasteiger partial charge in [0.15, 0.2) is 5.76 Å². The zero-order valence-corrected chi connectivity index (χ0v) is 28.8. The van der Waals surface area contributed by atoms with E-state index in [-0.39, 0.29) is 49.2 Å². The zero-order valence-electron chi connectivity index (χ0n) is 28.8. The molecule has 1 heterocycles. The molecule has 0 saturated carbocycles. The second kappa shape index (κ2) is 17.3. The number of benzene rings is 4. The molecule has 51 heavy (non-hydrogen) atoms. The first-order valence-electron chi connectivity index (χ1n) is 17.5. The van der Waals surface area contributed by atoms with Crippen molar-refractivity contribution in [1.82, 2.24) is 5.32 Å². The highest BCUT2D eigenvalue weighted by molar-refractivity contribution is 6.05. The maximum atomic E-state index is 13.7. The van der Waals surface area contributed by atoms with Gasteiger partial charge in [0, 0.05) is 37.2 Å². The summed E-state index contributed by atoms with van der Waals surface area (Å²) in [5.41, 5.74) is 14.4. The normalized spacial score (nSPS) is 17.5. The van der Waals surface area contributed by atoms with Crippen LogP contribution in [-0.4, -0.2) is 62.9 Å². The maximum Gasteiger partial charge on any atom is 0.286 e. The SMILES string of the molecule is CCO[C@H]1OC(C(=O)NCc2ccc(C(=O)Nc3ccccc3N)cc2)=C[C@@H](c2cccc3c2Cc2ccccc2-3)[C@H]1CCOCCOCCO. The van der Waals surface area contributed by atoms with Crippen molar-refractivity contribution in [3.05, 3.63) is 131 Å². The minimum Gasteiger partial charge on any atom is -0.459 e. The minimum atomic E-state index is -0.670. The number of carbonyl (C=O) groups excluding carboxylic acids is 2. The number of amides is 2. The van der Waals surface area contributed by atoms with Crippen LogP contribution >= 0.6 is 0 Å². The van der Waals surface area contributed by atoms with Crippen LogP contribution < -0.4 is 16.4 Å². The number of allylic oxidation sites excluding steroid dienone is 1. The van der Waals surface area contributed by atoms with Gasteiger partial charge in [0.1, 0.15) is 0 Å². The summed E-state index contributed by atoms with van der Waals surface area (Å²) < 4.78 is 23.7. The number of nitrogens with one attached hydrogen (secondary N) is 2. The molecule has 3 atom stereocenters. The smallest absolute Gasteiger partial charge is 0.286 e. The van der Waals surface area contributed by atoms with Gasteiger partial charge < -0.3 is 40.4 Å². The lowest BCUT2D eigenvalue weighted by molar-refractivity contribution is -0.168. The molecule has 10 heteroatoms. The Morgan fingerprint density at radius 2 is 1.61 bits per heavy atom. The average Bonchev–Trinajstić information content (AvgIpc) is 3.54. The van der Waals surface area contributed by atoms with Crippen LogP contribution in [0.15, 0.2) is 103 Å². The van der Waals surface area contributed by atoms with Gasteiger partial charge >= 0.3 is 0 Å². The third kappa shape index (κ3) is 8.66. The van der Waals surface area contributed by atoms with E-state index in [4.69, 9.17) is 29.8 Å². The number of fused-ring (bicyclic) bond motifs is 3. The van der Waals surface area contributed by atoms with Crippen LogP contribution in [0.3, 0.4) is 0 Å². The fourth-order valence-corrected chi connectivity index (χ4v) is 6.74. The van der Waals surface area contributed by atoms with E-state index >= 15 is 0 Å². The molecule has 2 aliphatic rings. The van der Waals surface area contributed by atoms with Crippen LogP contribution in [-0.2, 0) is 36.7 Å². The number of anilines is 2.